The van der Waals surface area contributed by atoms with Crippen LogP contribution in [0.25, 0.3) is 5.69 Å². The van der Waals surface area contributed by atoms with Crippen LogP contribution in [-0.4, -0.2) is 57.0 Å². The number of likely N-dealkylation sites (tertiary alicyclic amines) is 1. The van der Waals surface area contributed by atoms with Gasteiger partial charge in [-0.2, -0.15) is 23.1 Å². The number of amides is 1. The number of benzene rings is 1. The van der Waals surface area contributed by atoms with Gasteiger partial charge in [0.25, 0.3) is 5.91 Å². The third kappa shape index (κ3) is 3.73. The Bertz CT molecular complexity index is 1070. The lowest BCUT2D eigenvalue weighted by molar-refractivity contribution is -0.137. The van der Waals surface area contributed by atoms with E-state index in [4.69, 9.17) is 0 Å². The second-order valence-electron chi connectivity index (χ2n) is 7.89. The van der Waals surface area contributed by atoms with Crippen LogP contribution in [0.4, 0.5) is 19.0 Å². The van der Waals surface area contributed by atoms with E-state index in [1.807, 2.05) is 35.2 Å². The summed E-state index contributed by atoms with van der Waals surface area (Å²) >= 11 is 0. The number of aromatic nitrogens is 4. The van der Waals surface area contributed by atoms with Gasteiger partial charge in [0.2, 0.25) is 0 Å². The third-order valence-electron chi connectivity index (χ3n) is 5.87. The van der Waals surface area contributed by atoms with E-state index < -0.39 is 11.7 Å². The van der Waals surface area contributed by atoms with Crippen molar-refractivity contribution in [3.8, 4) is 5.69 Å². The molecule has 3 aromatic rings. The van der Waals surface area contributed by atoms with Crippen molar-refractivity contribution < 1.29 is 18.0 Å². The average Bonchev–Trinajstić information content (AvgIpc) is 3.48. The van der Waals surface area contributed by atoms with Gasteiger partial charge in [0.15, 0.2) is 5.69 Å². The minimum atomic E-state index is -4.39. The maximum atomic E-state index is 12.9. The van der Waals surface area contributed by atoms with Gasteiger partial charge in [-0.05, 0) is 24.3 Å². The molecule has 31 heavy (non-hydrogen) atoms. The first kappa shape index (κ1) is 19.5. The predicted octanol–water partition coefficient (Wildman–Crippen LogP) is 2.89. The van der Waals surface area contributed by atoms with E-state index in [9.17, 15) is 18.0 Å². The standard InChI is InChI=1S/C21H19F3N6O/c22-21(23,24)16-6-7-19(25-8-16)28-10-14-12-29(13-15(14)11-28)20(31)18-9-26-30(27-18)17-4-2-1-3-5-17/h1-9,14-15H,10-13H2. The zero-order chi connectivity index (χ0) is 21.6. The lowest BCUT2D eigenvalue weighted by Gasteiger charge is -2.22. The quantitative estimate of drug-likeness (QED) is 0.642. The lowest BCUT2D eigenvalue weighted by atomic mass is 10.0. The van der Waals surface area contributed by atoms with Crippen LogP contribution < -0.4 is 4.90 Å². The Morgan fingerprint density at radius 3 is 2.26 bits per heavy atom. The van der Waals surface area contributed by atoms with Gasteiger partial charge in [0.1, 0.15) is 5.82 Å². The van der Waals surface area contributed by atoms with Crippen LogP contribution in [0.3, 0.4) is 0 Å². The summed E-state index contributed by atoms with van der Waals surface area (Å²) in [4.78, 5) is 22.1. The van der Waals surface area contributed by atoms with E-state index in [1.54, 1.807) is 4.90 Å². The number of fused-ring (bicyclic) bond motifs is 1. The second-order valence-corrected chi connectivity index (χ2v) is 7.89. The molecule has 2 saturated heterocycles. The molecule has 2 fully saturated rings. The zero-order valence-electron chi connectivity index (χ0n) is 16.4. The largest absolute Gasteiger partial charge is 0.417 e. The second kappa shape index (κ2) is 7.36. The highest BCUT2D eigenvalue weighted by Gasteiger charge is 2.42. The number of hydrogen-bond donors (Lipinski definition) is 0. The van der Waals surface area contributed by atoms with Crippen LogP contribution >= 0.6 is 0 Å². The van der Waals surface area contributed by atoms with Crippen molar-refractivity contribution in [1.29, 1.82) is 0 Å². The number of carbonyl (C=O) groups is 1. The van der Waals surface area contributed by atoms with Gasteiger partial charge in [-0.1, -0.05) is 18.2 Å². The van der Waals surface area contributed by atoms with Crippen molar-refractivity contribution in [2.75, 3.05) is 31.1 Å². The van der Waals surface area contributed by atoms with Crippen molar-refractivity contribution in [3.63, 3.8) is 0 Å². The molecule has 0 N–H and O–H groups in total. The third-order valence-corrected chi connectivity index (χ3v) is 5.87. The van der Waals surface area contributed by atoms with E-state index in [1.165, 1.54) is 17.1 Å². The lowest BCUT2D eigenvalue weighted by Crippen LogP contribution is -2.33. The van der Waals surface area contributed by atoms with Crippen molar-refractivity contribution in [2.45, 2.75) is 6.18 Å². The Hall–Kier alpha value is -3.43. The Balaban J connectivity index is 1.22. The first-order valence-corrected chi connectivity index (χ1v) is 9.94. The van der Waals surface area contributed by atoms with Gasteiger partial charge in [-0.3, -0.25) is 4.79 Å². The Labute approximate surface area is 176 Å². The smallest absolute Gasteiger partial charge is 0.356 e. The Morgan fingerprint density at radius 2 is 1.65 bits per heavy atom. The summed E-state index contributed by atoms with van der Waals surface area (Å²) in [6, 6.07) is 11.8. The number of rotatable bonds is 3. The van der Waals surface area contributed by atoms with E-state index in [0.29, 0.717) is 37.7 Å². The number of para-hydroxylation sites is 1. The molecule has 10 heteroatoms. The van der Waals surface area contributed by atoms with Crippen LogP contribution in [0, 0.1) is 11.8 Å². The maximum Gasteiger partial charge on any atom is 0.417 e. The molecule has 2 atom stereocenters. The SMILES string of the molecule is O=C(c1cnn(-c2ccccc2)n1)N1CC2CN(c3ccc(C(F)(F)F)cn3)CC2C1. The number of pyridine rings is 1. The normalized spacial score (nSPS) is 20.9. The highest BCUT2D eigenvalue weighted by atomic mass is 19.4. The number of halogens is 3. The fourth-order valence-electron chi connectivity index (χ4n) is 4.30. The fourth-order valence-corrected chi connectivity index (χ4v) is 4.30. The molecule has 2 unspecified atom stereocenters. The molecule has 7 nitrogen and oxygen atoms in total. The van der Waals surface area contributed by atoms with Crippen molar-refractivity contribution >= 4 is 11.7 Å². The molecular formula is C21H19F3N6O. The molecule has 2 aliphatic rings. The molecule has 0 aliphatic carbocycles. The van der Waals surface area contributed by atoms with Gasteiger partial charge in [-0.15, -0.1) is 5.10 Å². The van der Waals surface area contributed by atoms with Crippen LogP contribution in [0.1, 0.15) is 16.1 Å². The monoisotopic (exact) mass is 428 g/mol. The van der Waals surface area contributed by atoms with Gasteiger partial charge in [0.05, 0.1) is 17.4 Å². The molecule has 160 valence electrons. The first-order chi connectivity index (χ1) is 14.9. The first-order valence-electron chi connectivity index (χ1n) is 9.94. The summed E-state index contributed by atoms with van der Waals surface area (Å²) < 4.78 is 38.2. The van der Waals surface area contributed by atoms with Gasteiger partial charge in [-0.25, -0.2) is 4.98 Å². The van der Waals surface area contributed by atoms with Crippen LogP contribution in [-0.2, 0) is 6.18 Å². The van der Waals surface area contributed by atoms with Crippen LogP contribution in [0.2, 0.25) is 0 Å². The Morgan fingerprint density at radius 1 is 0.935 bits per heavy atom. The Kier molecular flexibility index (Phi) is 4.64. The zero-order valence-corrected chi connectivity index (χ0v) is 16.4. The summed E-state index contributed by atoms with van der Waals surface area (Å²) in [6.07, 6.45) is -2.05. The van der Waals surface area contributed by atoms with E-state index in [-0.39, 0.29) is 17.7 Å². The summed E-state index contributed by atoms with van der Waals surface area (Å²) in [5, 5.41) is 8.50. The highest BCUT2D eigenvalue weighted by molar-refractivity contribution is 5.92. The highest BCUT2D eigenvalue weighted by Crippen LogP contribution is 2.35. The molecule has 2 aromatic heterocycles. The summed E-state index contributed by atoms with van der Waals surface area (Å²) in [6.45, 7) is 2.48. The topological polar surface area (TPSA) is 67.2 Å². The van der Waals surface area contributed by atoms with E-state index in [0.717, 1.165) is 18.0 Å². The average molecular weight is 428 g/mol. The predicted molar refractivity (Wildman–Crippen MR) is 106 cm³/mol. The number of alkyl halides is 3. The molecule has 4 heterocycles. The summed E-state index contributed by atoms with van der Waals surface area (Å²) in [7, 11) is 0. The van der Waals surface area contributed by atoms with E-state index in [2.05, 4.69) is 15.2 Å². The van der Waals surface area contributed by atoms with Crippen LogP contribution in [0.5, 0.6) is 0 Å². The molecular weight excluding hydrogens is 409 g/mol. The fraction of sp³-hybridized carbons (Fsp3) is 0.333. The molecule has 0 saturated carbocycles. The van der Waals surface area contributed by atoms with Gasteiger partial charge in [0, 0.05) is 44.2 Å². The summed E-state index contributed by atoms with van der Waals surface area (Å²) in [5.41, 5.74) is 0.320. The molecule has 1 amide bonds. The minimum Gasteiger partial charge on any atom is -0.356 e. The number of carbonyl (C=O) groups excluding carboxylic acids is 1. The van der Waals surface area contributed by atoms with Gasteiger partial charge < -0.3 is 9.80 Å². The van der Waals surface area contributed by atoms with Crippen LogP contribution in [0.15, 0.2) is 54.9 Å². The molecule has 0 spiro atoms. The number of hydrogen-bond acceptors (Lipinski definition) is 5. The molecule has 1 aromatic carbocycles. The molecule has 5 rings (SSSR count). The summed E-state index contributed by atoms with van der Waals surface area (Å²) in [5.74, 6) is 0.872. The van der Waals surface area contributed by atoms with Crippen molar-refractivity contribution in [1.82, 2.24) is 24.9 Å². The molecule has 2 aliphatic heterocycles. The van der Waals surface area contributed by atoms with Crippen molar-refractivity contribution in [2.24, 2.45) is 11.8 Å². The molecule has 0 bridgehead atoms. The maximum absolute atomic E-state index is 12.9. The van der Waals surface area contributed by atoms with Gasteiger partial charge >= 0.3 is 6.18 Å². The minimum absolute atomic E-state index is 0.157. The number of nitrogens with zero attached hydrogens (tertiary/aromatic N) is 6. The molecule has 0 radical (unpaired) electrons. The number of anilines is 1. The van der Waals surface area contributed by atoms with E-state index >= 15 is 0 Å². The van der Waals surface area contributed by atoms with Crippen molar-refractivity contribution in [3.05, 3.63) is 66.1 Å².